The molecule has 2 N–H and O–H groups in total. The molecule has 8 nitrogen and oxygen atoms in total. The topological polar surface area (TPSA) is 110 Å². The monoisotopic (exact) mass is 632 g/mol. The Morgan fingerprint density at radius 1 is 0.976 bits per heavy atom. The summed E-state index contributed by atoms with van der Waals surface area (Å²) in [5, 5.41) is 2.85. The molecule has 1 fully saturated rings. The summed E-state index contributed by atoms with van der Waals surface area (Å²) in [7, 11) is -4.96. The molecular weight excluding hydrogens is 616 g/mol. The minimum atomic E-state index is -4.96. The van der Waals surface area contributed by atoms with E-state index in [-0.39, 0.29) is 22.3 Å². The molecular formula is C27H17ClF4N6O2S2. The summed E-state index contributed by atoms with van der Waals surface area (Å²) in [6, 6.07) is 8.39. The fraction of sp³-hybridized carbons (Fsp3) is 0.111. The number of benzene rings is 2. The number of hydrogen-bond acceptors (Lipinski definition) is 8. The highest BCUT2D eigenvalue weighted by Gasteiger charge is 2.29. The molecule has 1 saturated carbocycles. The maximum absolute atomic E-state index is 16.0. The molecule has 3 heterocycles. The van der Waals surface area contributed by atoms with Crippen LogP contribution in [0.2, 0.25) is 5.02 Å². The van der Waals surface area contributed by atoms with Gasteiger partial charge in [0.2, 0.25) is 5.95 Å². The number of hydrogen-bond donors (Lipinski definition) is 2. The van der Waals surface area contributed by atoms with Crippen LogP contribution in [0.15, 0.2) is 66.0 Å². The summed E-state index contributed by atoms with van der Waals surface area (Å²) in [5.74, 6) is -4.25. The normalized spacial score (nSPS) is 13.3. The van der Waals surface area contributed by atoms with E-state index in [1.165, 1.54) is 30.6 Å². The van der Waals surface area contributed by atoms with Crippen LogP contribution in [-0.4, -0.2) is 34.4 Å². The van der Waals surface area contributed by atoms with Gasteiger partial charge >= 0.3 is 0 Å². The molecule has 0 unspecified atom stereocenters. The highest BCUT2D eigenvalue weighted by molar-refractivity contribution is 7.92. The van der Waals surface area contributed by atoms with Gasteiger partial charge in [0.1, 0.15) is 16.6 Å². The predicted molar refractivity (Wildman–Crippen MR) is 151 cm³/mol. The first-order chi connectivity index (χ1) is 20.1. The van der Waals surface area contributed by atoms with Crippen LogP contribution in [0.1, 0.15) is 12.8 Å². The SMILES string of the molecule is O=S(=O)(Nc1cccc(-c2nc(-c3cncc(F)c3)sc2-c2ccnc(NC3CC3)n2)c1F)c1c(F)ccc(Cl)c1F. The average Bonchev–Trinajstić information content (AvgIpc) is 3.66. The molecule has 0 atom stereocenters. The molecule has 6 rings (SSSR count). The summed E-state index contributed by atoms with van der Waals surface area (Å²) in [6.45, 7) is 0. The molecule has 3 aromatic heterocycles. The van der Waals surface area contributed by atoms with Gasteiger partial charge in [0.05, 0.1) is 33.2 Å². The Morgan fingerprint density at radius 2 is 1.79 bits per heavy atom. The van der Waals surface area contributed by atoms with Crippen molar-refractivity contribution >= 4 is 44.6 Å². The van der Waals surface area contributed by atoms with Crippen LogP contribution in [0.3, 0.4) is 0 Å². The molecule has 214 valence electrons. The number of thiazole rings is 1. The van der Waals surface area contributed by atoms with E-state index in [1.54, 1.807) is 6.07 Å². The molecule has 0 amide bonds. The Labute approximate surface area is 245 Å². The van der Waals surface area contributed by atoms with Crippen LogP contribution in [0.25, 0.3) is 32.4 Å². The first-order valence-corrected chi connectivity index (χ1v) is 15.0. The molecule has 42 heavy (non-hydrogen) atoms. The van der Waals surface area contributed by atoms with Crippen LogP contribution in [0.5, 0.6) is 0 Å². The van der Waals surface area contributed by atoms with Gasteiger partial charge in [0.25, 0.3) is 10.0 Å². The summed E-state index contributed by atoms with van der Waals surface area (Å²) in [5.41, 5.74) is 0.0122. The molecule has 0 saturated heterocycles. The van der Waals surface area contributed by atoms with Crippen LogP contribution in [0.4, 0.5) is 29.2 Å². The number of pyridine rings is 1. The van der Waals surface area contributed by atoms with Crippen molar-refractivity contribution < 1.29 is 26.0 Å². The third-order valence-corrected chi connectivity index (χ3v) is 8.97. The third kappa shape index (κ3) is 5.52. The molecule has 15 heteroatoms. The van der Waals surface area contributed by atoms with Gasteiger partial charge in [-0.1, -0.05) is 17.7 Å². The van der Waals surface area contributed by atoms with Gasteiger partial charge in [-0.05, 0) is 49.2 Å². The van der Waals surface area contributed by atoms with Crippen molar-refractivity contribution in [3.8, 4) is 32.4 Å². The zero-order valence-corrected chi connectivity index (χ0v) is 23.5. The number of nitrogens with zero attached hydrogens (tertiary/aromatic N) is 4. The van der Waals surface area contributed by atoms with Gasteiger partial charge in [0, 0.05) is 29.6 Å². The van der Waals surface area contributed by atoms with Crippen molar-refractivity contribution in [3.63, 3.8) is 0 Å². The molecule has 5 aromatic rings. The van der Waals surface area contributed by atoms with E-state index in [0.29, 0.717) is 28.1 Å². The second-order valence-electron chi connectivity index (χ2n) is 9.22. The van der Waals surface area contributed by atoms with Crippen molar-refractivity contribution in [1.82, 2.24) is 19.9 Å². The van der Waals surface area contributed by atoms with Crippen LogP contribution < -0.4 is 10.0 Å². The summed E-state index contributed by atoms with van der Waals surface area (Å²) in [6.07, 6.45) is 5.90. The van der Waals surface area contributed by atoms with E-state index in [9.17, 15) is 21.6 Å². The zero-order valence-electron chi connectivity index (χ0n) is 21.1. The van der Waals surface area contributed by atoms with Gasteiger partial charge < -0.3 is 5.32 Å². The summed E-state index contributed by atoms with van der Waals surface area (Å²) in [4.78, 5) is 16.2. The number of aromatic nitrogens is 4. The van der Waals surface area contributed by atoms with Gasteiger partial charge in [-0.25, -0.2) is 40.9 Å². The van der Waals surface area contributed by atoms with Crippen molar-refractivity contribution in [2.24, 2.45) is 0 Å². The zero-order chi connectivity index (χ0) is 29.6. The second-order valence-corrected chi connectivity index (χ2v) is 12.2. The third-order valence-electron chi connectivity index (χ3n) is 6.15. The Morgan fingerprint density at radius 3 is 2.55 bits per heavy atom. The van der Waals surface area contributed by atoms with Gasteiger partial charge in [-0.15, -0.1) is 11.3 Å². The number of nitrogens with one attached hydrogen (secondary N) is 2. The van der Waals surface area contributed by atoms with E-state index in [2.05, 4.69) is 25.3 Å². The number of anilines is 2. The summed E-state index contributed by atoms with van der Waals surface area (Å²) >= 11 is 6.74. The molecule has 1 aliphatic rings. The average molecular weight is 633 g/mol. The highest BCUT2D eigenvalue weighted by atomic mass is 35.5. The highest BCUT2D eigenvalue weighted by Crippen LogP contribution is 2.42. The number of rotatable bonds is 8. The predicted octanol–water partition coefficient (Wildman–Crippen LogP) is 6.91. The quantitative estimate of drug-likeness (QED) is 0.141. The minimum Gasteiger partial charge on any atom is -0.351 e. The van der Waals surface area contributed by atoms with Crippen molar-refractivity contribution in [2.45, 2.75) is 23.8 Å². The summed E-state index contributed by atoms with van der Waals surface area (Å²) < 4.78 is 86.7. The lowest BCUT2D eigenvalue weighted by Crippen LogP contribution is -2.17. The standard InChI is InChI=1S/C27H17ClF4N6O2S2/c28-17-6-7-18(30)25(22(17)32)42(39,40)38-19-3-1-2-16(21(19)31)23-24(20-8-9-34-27(36-20)35-15-4-5-15)41-26(37-23)13-10-14(29)12-33-11-13/h1-3,6-12,15,38H,4-5H2,(H,34,35,36). The maximum atomic E-state index is 16.0. The lowest BCUT2D eigenvalue weighted by Gasteiger charge is -2.13. The van der Waals surface area contributed by atoms with Crippen LogP contribution in [-0.2, 0) is 10.0 Å². The largest absolute Gasteiger partial charge is 0.351 e. The van der Waals surface area contributed by atoms with Crippen molar-refractivity contribution in [2.75, 3.05) is 10.0 Å². The minimum absolute atomic E-state index is 0.0639. The lowest BCUT2D eigenvalue weighted by molar-refractivity contribution is 0.521. The molecule has 0 radical (unpaired) electrons. The number of sulfonamides is 1. The van der Waals surface area contributed by atoms with E-state index in [0.717, 1.165) is 42.5 Å². The van der Waals surface area contributed by atoms with E-state index in [1.807, 2.05) is 4.72 Å². The second kappa shape index (κ2) is 10.9. The van der Waals surface area contributed by atoms with Gasteiger partial charge in [-0.3, -0.25) is 9.71 Å². The van der Waals surface area contributed by atoms with Crippen molar-refractivity contribution in [3.05, 3.63) is 89.3 Å². The first-order valence-electron chi connectivity index (χ1n) is 12.3. The van der Waals surface area contributed by atoms with Crippen LogP contribution >= 0.6 is 22.9 Å². The van der Waals surface area contributed by atoms with Gasteiger partial charge in [-0.2, -0.15) is 0 Å². The van der Waals surface area contributed by atoms with E-state index in [4.69, 9.17) is 11.6 Å². The first kappa shape index (κ1) is 28.0. The van der Waals surface area contributed by atoms with E-state index < -0.39 is 48.9 Å². The Bertz CT molecular complexity index is 1950. The Hall–Kier alpha value is -4.14. The number of halogens is 5. The van der Waals surface area contributed by atoms with E-state index >= 15 is 4.39 Å². The molecule has 0 aliphatic heterocycles. The van der Waals surface area contributed by atoms with Crippen molar-refractivity contribution in [1.29, 1.82) is 0 Å². The maximum Gasteiger partial charge on any atom is 0.267 e. The molecule has 0 bridgehead atoms. The molecule has 0 spiro atoms. The van der Waals surface area contributed by atoms with Crippen LogP contribution in [0, 0.1) is 23.3 Å². The lowest BCUT2D eigenvalue weighted by atomic mass is 10.1. The Balaban J connectivity index is 1.46. The fourth-order valence-electron chi connectivity index (χ4n) is 4.04. The van der Waals surface area contributed by atoms with Gasteiger partial charge in [0.15, 0.2) is 16.5 Å². The molecule has 1 aliphatic carbocycles. The smallest absolute Gasteiger partial charge is 0.267 e. The fourth-order valence-corrected chi connectivity index (χ4v) is 6.50. The molecule has 2 aromatic carbocycles. The Kier molecular flexibility index (Phi) is 7.29.